The average Bonchev–Trinajstić information content (AvgIpc) is 2.54. The van der Waals surface area contributed by atoms with Crippen molar-refractivity contribution in [2.75, 3.05) is 5.32 Å². The van der Waals surface area contributed by atoms with Crippen LogP contribution in [0.4, 0.5) is 5.82 Å². The number of rotatable bonds is 4. The topological polar surface area (TPSA) is 83.8 Å². The Bertz CT molecular complexity index is 856. The van der Waals surface area contributed by atoms with Gasteiger partial charge in [0.2, 0.25) is 0 Å². The van der Waals surface area contributed by atoms with Crippen LogP contribution in [-0.2, 0) is 0 Å². The normalized spacial score (nSPS) is 12.4. The smallest absolute Gasteiger partial charge is 0.162 e. The molecule has 0 aromatic carbocycles. The molecule has 3 rings (SSSR count). The summed E-state index contributed by atoms with van der Waals surface area (Å²) in [5, 5.41) is 14.7. The largest absolute Gasteiger partial charge is 0.388 e. The zero-order chi connectivity index (χ0) is 17.4. The predicted octanol–water partition coefficient (Wildman–Crippen LogP) is 3.05. The van der Waals surface area contributed by atoms with Gasteiger partial charge in [-0.05, 0) is 45.9 Å². The molecule has 2 N–H and O–H groups in total. The van der Waals surface area contributed by atoms with Crippen molar-refractivity contribution in [3.8, 4) is 11.4 Å². The standard InChI is InChI=1S/C18H21N5O/c1-17(2,18(3,4)24)23-16-13-7-10-20-11-14(13)21-15(22-16)12-5-8-19-9-6-12/h5-11,24H,1-4H3,(H,21,22,23). The predicted molar refractivity (Wildman–Crippen MR) is 94.6 cm³/mol. The molecule has 6 nitrogen and oxygen atoms in total. The highest BCUT2D eigenvalue weighted by Gasteiger charge is 2.35. The maximum atomic E-state index is 10.4. The van der Waals surface area contributed by atoms with Gasteiger partial charge in [0.25, 0.3) is 0 Å². The van der Waals surface area contributed by atoms with Crippen LogP contribution in [0.2, 0.25) is 0 Å². The van der Waals surface area contributed by atoms with E-state index < -0.39 is 11.1 Å². The molecule has 0 aliphatic carbocycles. The minimum Gasteiger partial charge on any atom is -0.388 e. The van der Waals surface area contributed by atoms with Gasteiger partial charge in [-0.1, -0.05) is 0 Å². The second-order valence-corrected chi connectivity index (χ2v) is 6.83. The molecule has 0 aliphatic rings. The van der Waals surface area contributed by atoms with Gasteiger partial charge in [0.15, 0.2) is 5.82 Å². The lowest BCUT2D eigenvalue weighted by atomic mass is 9.86. The second-order valence-electron chi connectivity index (χ2n) is 6.83. The van der Waals surface area contributed by atoms with E-state index in [2.05, 4.69) is 25.3 Å². The van der Waals surface area contributed by atoms with Crippen molar-refractivity contribution in [2.24, 2.45) is 0 Å². The number of aliphatic hydroxyl groups is 1. The van der Waals surface area contributed by atoms with Crippen LogP contribution < -0.4 is 5.32 Å². The molecule has 0 saturated carbocycles. The van der Waals surface area contributed by atoms with E-state index in [9.17, 15) is 5.11 Å². The van der Waals surface area contributed by atoms with Crippen LogP contribution in [0.3, 0.4) is 0 Å². The van der Waals surface area contributed by atoms with Crippen LogP contribution in [0.25, 0.3) is 22.3 Å². The van der Waals surface area contributed by atoms with Crippen molar-refractivity contribution in [1.82, 2.24) is 19.9 Å². The Morgan fingerprint density at radius 3 is 2.25 bits per heavy atom. The van der Waals surface area contributed by atoms with Gasteiger partial charge in [-0.2, -0.15) is 0 Å². The lowest BCUT2D eigenvalue weighted by Crippen LogP contribution is -2.51. The van der Waals surface area contributed by atoms with Gasteiger partial charge >= 0.3 is 0 Å². The van der Waals surface area contributed by atoms with Gasteiger partial charge in [0.05, 0.1) is 22.9 Å². The molecule has 3 aromatic rings. The number of hydrogen-bond donors (Lipinski definition) is 2. The molecule has 0 atom stereocenters. The Morgan fingerprint density at radius 1 is 0.917 bits per heavy atom. The van der Waals surface area contributed by atoms with E-state index in [1.54, 1.807) is 38.6 Å². The van der Waals surface area contributed by atoms with Crippen LogP contribution in [0.1, 0.15) is 27.7 Å². The third kappa shape index (κ3) is 3.05. The van der Waals surface area contributed by atoms with Crippen LogP contribution in [0.5, 0.6) is 0 Å². The molecule has 124 valence electrons. The number of nitrogens with zero attached hydrogens (tertiary/aromatic N) is 4. The summed E-state index contributed by atoms with van der Waals surface area (Å²) < 4.78 is 0. The molecular weight excluding hydrogens is 302 g/mol. The summed E-state index contributed by atoms with van der Waals surface area (Å²) in [4.78, 5) is 17.5. The van der Waals surface area contributed by atoms with Gasteiger partial charge in [0.1, 0.15) is 5.82 Å². The van der Waals surface area contributed by atoms with Crippen molar-refractivity contribution in [3.05, 3.63) is 43.0 Å². The average molecular weight is 323 g/mol. The first-order valence-electron chi connectivity index (χ1n) is 7.81. The van der Waals surface area contributed by atoms with Gasteiger partial charge < -0.3 is 10.4 Å². The van der Waals surface area contributed by atoms with Crippen LogP contribution >= 0.6 is 0 Å². The van der Waals surface area contributed by atoms with Gasteiger partial charge in [0, 0.05) is 29.5 Å². The Morgan fingerprint density at radius 2 is 1.58 bits per heavy atom. The molecule has 0 bridgehead atoms. The molecule has 0 fully saturated rings. The van der Waals surface area contributed by atoms with E-state index in [0.717, 1.165) is 16.5 Å². The molecular formula is C18H21N5O. The number of fused-ring (bicyclic) bond motifs is 1. The molecule has 3 heterocycles. The first-order chi connectivity index (χ1) is 11.3. The van der Waals surface area contributed by atoms with Crippen molar-refractivity contribution >= 4 is 16.7 Å². The molecule has 0 aliphatic heterocycles. The van der Waals surface area contributed by atoms with Crippen molar-refractivity contribution in [2.45, 2.75) is 38.8 Å². The highest BCUT2D eigenvalue weighted by atomic mass is 16.3. The maximum absolute atomic E-state index is 10.4. The first-order valence-corrected chi connectivity index (χ1v) is 7.81. The first kappa shape index (κ1) is 16.3. The molecule has 6 heteroatoms. The summed E-state index contributed by atoms with van der Waals surface area (Å²) in [6.45, 7) is 7.42. The third-order valence-corrected chi connectivity index (χ3v) is 4.40. The van der Waals surface area contributed by atoms with E-state index in [-0.39, 0.29) is 0 Å². The zero-order valence-corrected chi connectivity index (χ0v) is 14.3. The fraction of sp³-hybridized carbons (Fsp3) is 0.333. The third-order valence-electron chi connectivity index (χ3n) is 4.40. The van der Waals surface area contributed by atoms with Gasteiger partial charge in [-0.3, -0.25) is 9.97 Å². The summed E-state index contributed by atoms with van der Waals surface area (Å²) in [5.74, 6) is 1.26. The number of aromatic nitrogens is 4. The Hall–Kier alpha value is -2.60. The monoisotopic (exact) mass is 323 g/mol. The number of anilines is 1. The Kier molecular flexibility index (Phi) is 3.93. The lowest BCUT2D eigenvalue weighted by Gasteiger charge is -2.38. The van der Waals surface area contributed by atoms with Crippen LogP contribution in [-0.4, -0.2) is 36.2 Å². The lowest BCUT2D eigenvalue weighted by molar-refractivity contribution is 0.0239. The fourth-order valence-corrected chi connectivity index (χ4v) is 2.16. The van der Waals surface area contributed by atoms with E-state index in [4.69, 9.17) is 0 Å². The second kappa shape index (κ2) is 5.79. The summed E-state index contributed by atoms with van der Waals surface area (Å²) in [5.41, 5.74) is 0.0921. The number of hydrogen-bond acceptors (Lipinski definition) is 6. The molecule has 0 amide bonds. The highest BCUT2D eigenvalue weighted by Crippen LogP contribution is 2.30. The van der Waals surface area contributed by atoms with Crippen LogP contribution in [0.15, 0.2) is 43.0 Å². The number of nitrogens with one attached hydrogen (secondary N) is 1. The highest BCUT2D eigenvalue weighted by molar-refractivity contribution is 5.90. The van der Waals surface area contributed by atoms with E-state index in [0.29, 0.717) is 11.6 Å². The molecule has 0 unspecified atom stereocenters. The zero-order valence-electron chi connectivity index (χ0n) is 14.3. The van der Waals surface area contributed by atoms with E-state index in [1.165, 1.54) is 0 Å². The van der Waals surface area contributed by atoms with Crippen molar-refractivity contribution < 1.29 is 5.11 Å². The molecule has 0 radical (unpaired) electrons. The molecule has 24 heavy (non-hydrogen) atoms. The Labute approximate surface area is 141 Å². The summed E-state index contributed by atoms with van der Waals surface area (Å²) in [6, 6.07) is 5.60. The SMILES string of the molecule is CC(C)(O)C(C)(C)Nc1nc(-c2ccncc2)nc2cnccc12. The molecule has 0 spiro atoms. The van der Waals surface area contributed by atoms with Crippen molar-refractivity contribution in [1.29, 1.82) is 0 Å². The Balaban J connectivity index is 2.16. The minimum atomic E-state index is -0.936. The molecule has 0 saturated heterocycles. The quantitative estimate of drug-likeness (QED) is 0.768. The van der Waals surface area contributed by atoms with Gasteiger partial charge in [-0.25, -0.2) is 9.97 Å². The van der Waals surface area contributed by atoms with E-state index >= 15 is 0 Å². The van der Waals surface area contributed by atoms with Crippen molar-refractivity contribution in [3.63, 3.8) is 0 Å². The van der Waals surface area contributed by atoms with Gasteiger partial charge in [-0.15, -0.1) is 0 Å². The maximum Gasteiger partial charge on any atom is 0.162 e. The minimum absolute atomic E-state index is 0.590. The summed E-state index contributed by atoms with van der Waals surface area (Å²) in [6.07, 6.45) is 6.84. The fourth-order valence-electron chi connectivity index (χ4n) is 2.16. The molecule has 3 aromatic heterocycles. The number of pyridine rings is 2. The summed E-state index contributed by atoms with van der Waals surface area (Å²) in [7, 11) is 0. The van der Waals surface area contributed by atoms with Crippen LogP contribution in [0, 0.1) is 0 Å². The summed E-state index contributed by atoms with van der Waals surface area (Å²) >= 11 is 0. The van der Waals surface area contributed by atoms with E-state index in [1.807, 2.05) is 32.0 Å².